The lowest BCUT2D eigenvalue weighted by Gasteiger charge is -2.24. The number of hydrogen-bond acceptors (Lipinski definition) is 7. The number of carbonyl (C=O) groups is 2. The average Bonchev–Trinajstić information content (AvgIpc) is 3.90. The van der Waals surface area contributed by atoms with Crippen LogP contribution >= 0.6 is 23.2 Å². The van der Waals surface area contributed by atoms with E-state index in [1.54, 1.807) is 14.2 Å². The summed E-state index contributed by atoms with van der Waals surface area (Å²) in [4.78, 5) is 28.0. The zero-order chi connectivity index (χ0) is 37.1. The van der Waals surface area contributed by atoms with Crippen LogP contribution in [0.25, 0.3) is 22.4 Å². The molecule has 0 radical (unpaired) electrons. The van der Waals surface area contributed by atoms with E-state index in [2.05, 4.69) is 52.5 Å². The lowest BCUT2D eigenvalue weighted by Crippen LogP contribution is -2.35. The minimum atomic E-state index is 0.107. The number of nitrogens with zero attached hydrogens (tertiary/aromatic N) is 1. The summed E-state index contributed by atoms with van der Waals surface area (Å²) in [5.41, 5.74) is 9.02. The van der Waals surface area contributed by atoms with Gasteiger partial charge in [-0.25, -0.2) is 4.98 Å². The molecule has 4 N–H and O–H groups in total. The largest absolute Gasteiger partial charge is 0.496 e. The number of aryl methyl sites for hydroxylation is 1. The second-order valence-electron chi connectivity index (χ2n) is 14.4. The molecule has 2 fully saturated rings. The van der Waals surface area contributed by atoms with Gasteiger partial charge in [0.2, 0.25) is 17.7 Å². The molecule has 53 heavy (non-hydrogen) atoms. The van der Waals surface area contributed by atoms with Crippen LogP contribution in [0.3, 0.4) is 0 Å². The smallest absolute Gasteiger partial charge is 0.220 e. The van der Waals surface area contributed by atoms with E-state index in [1.165, 1.54) is 11.1 Å². The zero-order valence-electron chi connectivity index (χ0n) is 30.5. The number of halogens is 2. The molecule has 2 amide bonds. The quantitative estimate of drug-likeness (QED) is 0.107. The lowest BCUT2D eigenvalue weighted by atomic mass is 9.82. The lowest BCUT2D eigenvalue weighted by molar-refractivity contribution is -0.120. The van der Waals surface area contributed by atoms with Crippen LogP contribution in [0.1, 0.15) is 78.7 Å². The number of methoxy groups -OCH3 is 2. The minimum Gasteiger partial charge on any atom is -0.496 e. The first kappa shape index (κ1) is 37.2. The standard InChI is InChI=1S/C42H47Cl2N5O4/c1-24(30-14-10-25-18-27(37(52-2)19-35(25)30)21-46-23-29-13-17-39(51)48-29)31-6-4-7-32(40(31)43)33-8-5-9-34(41(33)44)36-15-11-26(42(49-36)53-3)20-45-22-28-12-16-38(50)47-28/h4-9,11,15,18-19,24,28-30,45-46H,10,12-14,16-17,20-23H2,1-3H3,(H,47,50)(H,48,51)/t24?,28-,29-,30?/m0/s1. The van der Waals surface area contributed by atoms with Crippen LogP contribution < -0.4 is 30.7 Å². The van der Waals surface area contributed by atoms with Crippen molar-refractivity contribution in [3.63, 3.8) is 0 Å². The van der Waals surface area contributed by atoms with Gasteiger partial charge >= 0.3 is 0 Å². The molecule has 4 aromatic rings. The fourth-order valence-corrected chi connectivity index (χ4v) is 8.91. The van der Waals surface area contributed by atoms with Crippen molar-refractivity contribution in [1.82, 2.24) is 26.3 Å². The van der Waals surface area contributed by atoms with Crippen LogP contribution in [0.15, 0.2) is 60.7 Å². The van der Waals surface area contributed by atoms with Gasteiger partial charge in [-0.1, -0.05) is 78.7 Å². The van der Waals surface area contributed by atoms with Gasteiger partial charge in [-0.2, -0.15) is 0 Å². The molecular formula is C42H47Cl2N5O4. The van der Waals surface area contributed by atoms with E-state index in [4.69, 9.17) is 37.7 Å². The molecule has 1 aromatic heterocycles. The summed E-state index contributed by atoms with van der Waals surface area (Å²) in [6.45, 7) is 4.94. The second kappa shape index (κ2) is 16.5. The van der Waals surface area contributed by atoms with Crippen LogP contribution in [0.5, 0.6) is 11.6 Å². The Morgan fingerprint density at radius 2 is 1.42 bits per heavy atom. The van der Waals surface area contributed by atoms with E-state index in [-0.39, 0.29) is 35.7 Å². The Labute approximate surface area is 321 Å². The molecule has 7 rings (SSSR count). The minimum absolute atomic E-state index is 0.107. The monoisotopic (exact) mass is 755 g/mol. The first-order valence-corrected chi connectivity index (χ1v) is 19.3. The van der Waals surface area contributed by atoms with Crippen molar-refractivity contribution in [2.75, 3.05) is 27.3 Å². The fraction of sp³-hybridized carbons (Fsp3) is 0.405. The number of benzene rings is 3. The highest BCUT2D eigenvalue weighted by Gasteiger charge is 2.31. The third-order valence-electron chi connectivity index (χ3n) is 11.1. The summed E-state index contributed by atoms with van der Waals surface area (Å²) in [5, 5.41) is 14.2. The first-order valence-electron chi connectivity index (χ1n) is 18.6. The number of pyridine rings is 1. The van der Waals surface area contributed by atoms with Crippen LogP contribution in [0, 0.1) is 0 Å². The normalized spacial score (nSPS) is 19.9. The molecular weight excluding hydrogens is 709 g/mol. The van der Waals surface area contributed by atoms with Crippen molar-refractivity contribution < 1.29 is 19.1 Å². The highest BCUT2D eigenvalue weighted by Crippen LogP contribution is 2.48. The van der Waals surface area contributed by atoms with Crippen molar-refractivity contribution in [1.29, 1.82) is 0 Å². The van der Waals surface area contributed by atoms with E-state index in [0.717, 1.165) is 71.4 Å². The predicted octanol–water partition coefficient (Wildman–Crippen LogP) is 7.31. The molecule has 3 heterocycles. The molecule has 2 unspecified atom stereocenters. The van der Waals surface area contributed by atoms with Gasteiger partial charge in [0.15, 0.2) is 0 Å². The van der Waals surface area contributed by atoms with Crippen LogP contribution in [-0.2, 0) is 29.1 Å². The van der Waals surface area contributed by atoms with E-state index in [9.17, 15) is 9.59 Å². The van der Waals surface area contributed by atoms with E-state index in [0.29, 0.717) is 54.1 Å². The number of ether oxygens (including phenoxy) is 2. The molecule has 9 nitrogen and oxygen atoms in total. The predicted molar refractivity (Wildman–Crippen MR) is 210 cm³/mol. The molecule has 278 valence electrons. The molecule has 2 aliphatic heterocycles. The molecule has 0 saturated carbocycles. The van der Waals surface area contributed by atoms with E-state index in [1.807, 2.05) is 36.4 Å². The van der Waals surface area contributed by atoms with Crippen molar-refractivity contribution in [2.24, 2.45) is 0 Å². The van der Waals surface area contributed by atoms with Gasteiger partial charge in [0.05, 0.1) is 30.0 Å². The number of aromatic nitrogens is 1. The Bertz CT molecular complexity index is 2000. The number of fused-ring (bicyclic) bond motifs is 1. The van der Waals surface area contributed by atoms with Crippen molar-refractivity contribution in [3.8, 4) is 34.0 Å². The Balaban J connectivity index is 1.08. The summed E-state index contributed by atoms with van der Waals surface area (Å²) in [6.07, 6.45) is 4.92. The van der Waals surface area contributed by atoms with Gasteiger partial charge in [-0.15, -0.1) is 0 Å². The first-order chi connectivity index (χ1) is 25.7. The molecule has 0 spiro atoms. The molecule has 0 bridgehead atoms. The Morgan fingerprint density at radius 3 is 2.06 bits per heavy atom. The van der Waals surface area contributed by atoms with Gasteiger partial charge in [0.1, 0.15) is 5.75 Å². The summed E-state index contributed by atoms with van der Waals surface area (Å²) in [5.74, 6) is 2.08. The number of hydrogen-bond donors (Lipinski definition) is 4. The van der Waals surface area contributed by atoms with Gasteiger partial charge < -0.3 is 30.7 Å². The average molecular weight is 757 g/mol. The highest BCUT2D eigenvalue weighted by molar-refractivity contribution is 6.38. The van der Waals surface area contributed by atoms with Gasteiger partial charge in [-0.05, 0) is 66.3 Å². The number of nitrogens with one attached hydrogen (secondary N) is 4. The Morgan fingerprint density at radius 1 is 0.774 bits per heavy atom. The highest BCUT2D eigenvalue weighted by atomic mass is 35.5. The van der Waals surface area contributed by atoms with Crippen molar-refractivity contribution in [2.45, 2.75) is 82.5 Å². The van der Waals surface area contributed by atoms with Crippen molar-refractivity contribution in [3.05, 3.63) is 98.5 Å². The fourth-order valence-electron chi connectivity index (χ4n) is 8.18. The molecule has 2 saturated heterocycles. The maximum Gasteiger partial charge on any atom is 0.220 e. The second-order valence-corrected chi connectivity index (χ2v) is 15.2. The number of rotatable bonds is 14. The molecule has 3 aliphatic rings. The van der Waals surface area contributed by atoms with Crippen LogP contribution in [0.2, 0.25) is 10.0 Å². The third kappa shape index (κ3) is 8.04. The van der Waals surface area contributed by atoms with E-state index < -0.39 is 0 Å². The molecule has 4 atom stereocenters. The summed E-state index contributed by atoms with van der Waals surface area (Å²) >= 11 is 14.5. The maximum absolute atomic E-state index is 11.6. The van der Waals surface area contributed by atoms with E-state index >= 15 is 0 Å². The number of carbonyl (C=O) groups excluding carboxylic acids is 2. The Hall–Kier alpha value is -4.15. The van der Waals surface area contributed by atoms with Gasteiger partial charge in [0.25, 0.3) is 0 Å². The molecule has 11 heteroatoms. The molecule has 3 aromatic carbocycles. The zero-order valence-corrected chi connectivity index (χ0v) is 32.0. The van der Waals surface area contributed by atoms with Crippen LogP contribution in [0.4, 0.5) is 0 Å². The molecule has 1 aliphatic carbocycles. The maximum atomic E-state index is 11.6. The van der Waals surface area contributed by atoms with Crippen molar-refractivity contribution >= 4 is 35.0 Å². The third-order valence-corrected chi connectivity index (χ3v) is 11.9. The van der Waals surface area contributed by atoms with Gasteiger partial charge in [0, 0.05) is 78.9 Å². The Kier molecular flexibility index (Phi) is 11.6. The summed E-state index contributed by atoms with van der Waals surface area (Å²) in [6, 6.07) is 21.0. The van der Waals surface area contributed by atoms with Crippen LogP contribution in [-0.4, -0.2) is 56.2 Å². The SMILES string of the molecule is COc1cc2c(cc1CNC[C@@H]1CCC(=O)N1)CCC2C(C)c1cccc(-c2cccc(-c3ccc(CNC[C@@H]4CCC(=O)N4)c(OC)n3)c2Cl)c1Cl. The summed E-state index contributed by atoms with van der Waals surface area (Å²) < 4.78 is 11.6. The summed E-state index contributed by atoms with van der Waals surface area (Å²) in [7, 11) is 3.35. The number of amides is 2. The topological polar surface area (TPSA) is 114 Å². The van der Waals surface area contributed by atoms with Gasteiger partial charge in [-0.3, -0.25) is 9.59 Å².